The van der Waals surface area contributed by atoms with E-state index in [0.717, 1.165) is 23.7 Å². The van der Waals surface area contributed by atoms with Crippen molar-refractivity contribution in [3.05, 3.63) is 12.2 Å². The number of allylic oxidation sites excluding steroid dienone is 2. The van der Waals surface area contributed by atoms with Crippen LogP contribution in [0.5, 0.6) is 0 Å². The third-order valence-corrected chi connectivity index (χ3v) is 13.4. The summed E-state index contributed by atoms with van der Waals surface area (Å²) in [5.41, 5.74) is 3.27. The molecule has 0 aromatic heterocycles. The molecule has 0 amide bonds. The molecule has 30 heavy (non-hydrogen) atoms. The molecular weight excluding hydrogens is 360 g/mol. The lowest BCUT2D eigenvalue weighted by atomic mass is 9.30. The van der Waals surface area contributed by atoms with E-state index in [1.54, 1.807) is 0 Å². The fraction of sp³-hybridized carbons (Fsp3) is 0.933. The zero-order valence-electron chi connectivity index (χ0n) is 21.5. The maximum Gasteiger partial charge on any atom is -0.0205 e. The summed E-state index contributed by atoms with van der Waals surface area (Å²) in [4.78, 5) is 0. The predicted molar refractivity (Wildman–Crippen MR) is 129 cm³/mol. The van der Waals surface area contributed by atoms with Crippen LogP contribution in [-0.4, -0.2) is 0 Å². The maximum atomic E-state index is 2.79. The molecule has 0 saturated heterocycles. The molecule has 5 aliphatic rings. The van der Waals surface area contributed by atoms with E-state index in [9.17, 15) is 0 Å². The zero-order valence-corrected chi connectivity index (χ0v) is 21.5. The predicted octanol–water partition coefficient (Wildman–Crippen LogP) is 9.05. The molecule has 0 heteroatoms. The average Bonchev–Trinajstić information content (AvgIpc) is 2.67. The van der Waals surface area contributed by atoms with Crippen LogP contribution >= 0.6 is 0 Å². The van der Waals surface area contributed by atoms with E-state index >= 15 is 0 Å². The molecule has 0 aromatic carbocycles. The summed E-state index contributed by atoms with van der Waals surface area (Å²) in [6.07, 6.45) is 19.7. The van der Waals surface area contributed by atoms with Crippen LogP contribution in [0.1, 0.15) is 120 Å². The molecule has 170 valence electrons. The molecule has 0 aliphatic heterocycles. The first-order chi connectivity index (χ1) is 13.8. The van der Waals surface area contributed by atoms with Crippen LogP contribution < -0.4 is 0 Å². The van der Waals surface area contributed by atoms with E-state index in [0.29, 0.717) is 32.5 Å². The maximum absolute atomic E-state index is 2.79. The molecule has 4 saturated carbocycles. The van der Waals surface area contributed by atoms with Crippen molar-refractivity contribution in [3.8, 4) is 0 Å². The summed E-state index contributed by atoms with van der Waals surface area (Å²) in [5.74, 6) is 3.50. The van der Waals surface area contributed by atoms with Gasteiger partial charge in [-0.2, -0.15) is 0 Å². The highest BCUT2D eigenvalue weighted by Crippen LogP contribution is 2.78. The second-order valence-corrected chi connectivity index (χ2v) is 15.0. The van der Waals surface area contributed by atoms with Gasteiger partial charge in [-0.25, -0.2) is 0 Å². The Morgan fingerprint density at radius 3 is 2.00 bits per heavy atom. The first kappa shape index (κ1) is 21.6. The van der Waals surface area contributed by atoms with Gasteiger partial charge >= 0.3 is 0 Å². The minimum absolute atomic E-state index is 0.528. The highest BCUT2D eigenvalue weighted by atomic mass is 14.7. The Labute approximate surface area is 188 Å². The summed E-state index contributed by atoms with van der Waals surface area (Å²) >= 11 is 0. The first-order valence-corrected chi connectivity index (χ1v) is 13.5. The zero-order chi connectivity index (χ0) is 21.8. The van der Waals surface area contributed by atoms with Gasteiger partial charge in [0.05, 0.1) is 0 Å². The third-order valence-electron chi connectivity index (χ3n) is 13.4. The standard InChI is InChI=1S/C30H50/c1-21-10-9-11-22-27(21,5)13-12-23-28(22,6)17-19-30(8)24-20-25(2,3)14-15-26(24,4)16-18-29(23,30)7/h9-10,21-24H,11-20H2,1-8H3/t21-,22-,23-,24+,26+,27+,28-,29+,30-/m1/s1. The monoisotopic (exact) mass is 410 g/mol. The van der Waals surface area contributed by atoms with Crippen LogP contribution in [0.2, 0.25) is 0 Å². The van der Waals surface area contributed by atoms with Crippen LogP contribution in [0, 0.1) is 56.2 Å². The number of hydrogen-bond acceptors (Lipinski definition) is 0. The van der Waals surface area contributed by atoms with Gasteiger partial charge in [0.1, 0.15) is 0 Å². The lowest BCUT2D eigenvalue weighted by Gasteiger charge is -2.74. The van der Waals surface area contributed by atoms with Crippen molar-refractivity contribution in [1.82, 2.24) is 0 Å². The highest BCUT2D eigenvalue weighted by molar-refractivity contribution is 5.21. The minimum atomic E-state index is 0.528. The fourth-order valence-electron chi connectivity index (χ4n) is 10.9. The van der Waals surface area contributed by atoms with Crippen molar-refractivity contribution in [3.63, 3.8) is 0 Å². The normalized spacial score (nSPS) is 59.5. The second-order valence-electron chi connectivity index (χ2n) is 15.0. The van der Waals surface area contributed by atoms with Gasteiger partial charge in [-0.05, 0) is 120 Å². The molecule has 0 unspecified atom stereocenters. The van der Waals surface area contributed by atoms with Gasteiger partial charge in [-0.15, -0.1) is 0 Å². The van der Waals surface area contributed by atoms with Gasteiger partial charge in [-0.3, -0.25) is 0 Å². The lowest BCUT2D eigenvalue weighted by molar-refractivity contribution is -0.253. The van der Waals surface area contributed by atoms with E-state index in [2.05, 4.69) is 67.5 Å². The number of fused-ring (bicyclic) bond motifs is 7. The summed E-state index contributed by atoms with van der Waals surface area (Å²) in [6, 6.07) is 0. The van der Waals surface area contributed by atoms with Gasteiger partial charge in [0.15, 0.2) is 0 Å². The minimum Gasteiger partial charge on any atom is -0.0879 e. The molecule has 5 rings (SSSR count). The number of hydrogen-bond donors (Lipinski definition) is 0. The van der Waals surface area contributed by atoms with E-state index < -0.39 is 0 Å². The highest BCUT2D eigenvalue weighted by Gasteiger charge is 2.70. The fourth-order valence-corrected chi connectivity index (χ4v) is 10.9. The molecule has 5 aliphatic carbocycles. The molecule has 0 radical (unpaired) electrons. The van der Waals surface area contributed by atoms with Crippen molar-refractivity contribution in [2.24, 2.45) is 56.2 Å². The molecule has 0 spiro atoms. The van der Waals surface area contributed by atoms with Crippen LogP contribution in [0.15, 0.2) is 12.2 Å². The van der Waals surface area contributed by atoms with E-state index in [4.69, 9.17) is 0 Å². The molecular formula is C30H50. The third kappa shape index (κ3) is 2.52. The quantitative estimate of drug-likeness (QED) is 0.349. The molecule has 0 N–H and O–H groups in total. The van der Waals surface area contributed by atoms with Crippen molar-refractivity contribution < 1.29 is 0 Å². The molecule has 0 bridgehead atoms. The SMILES string of the molecule is C[C@@H]1C=CC[C@@H]2[C@@]1(C)CC[C@@H]1[C@]2(C)CC[C@]2(C)[C@H]3CC(C)(C)CC[C@@]3(C)CC[C@@]12C. The Kier molecular flexibility index (Phi) is 4.46. The lowest BCUT2D eigenvalue weighted by Crippen LogP contribution is -2.67. The Bertz CT molecular complexity index is 745. The topological polar surface area (TPSA) is 0 Å². The second kappa shape index (κ2) is 6.20. The van der Waals surface area contributed by atoms with E-state index in [1.807, 2.05) is 0 Å². The van der Waals surface area contributed by atoms with E-state index in [1.165, 1.54) is 64.2 Å². The van der Waals surface area contributed by atoms with Crippen molar-refractivity contribution in [2.45, 2.75) is 120 Å². The Hall–Kier alpha value is -0.260. The first-order valence-electron chi connectivity index (χ1n) is 13.5. The van der Waals surface area contributed by atoms with Crippen molar-refractivity contribution >= 4 is 0 Å². The van der Waals surface area contributed by atoms with Crippen LogP contribution in [0.25, 0.3) is 0 Å². The van der Waals surface area contributed by atoms with Gasteiger partial charge in [0, 0.05) is 0 Å². The Morgan fingerprint density at radius 2 is 1.27 bits per heavy atom. The van der Waals surface area contributed by atoms with Gasteiger partial charge in [-0.1, -0.05) is 67.5 Å². The molecule has 0 nitrogen and oxygen atoms in total. The van der Waals surface area contributed by atoms with Crippen LogP contribution in [-0.2, 0) is 0 Å². The van der Waals surface area contributed by atoms with Crippen molar-refractivity contribution in [1.29, 1.82) is 0 Å². The van der Waals surface area contributed by atoms with Crippen LogP contribution in [0.3, 0.4) is 0 Å². The van der Waals surface area contributed by atoms with Gasteiger partial charge in [0.25, 0.3) is 0 Å². The largest absolute Gasteiger partial charge is 0.0879 e. The average molecular weight is 411 g/mol. The molecule has 0 heterocycles. The smallest absolute Gasteiger partial charge is 0.0205 e. The molecule has 4 fully saturated rings. The Balaban J connectivity index is 1.56. The van der Waals surface area contributed by atoms with E-state index in [-0.39, 0.29) is 0 Å². The summed E-state index contributed by atoms with van der Waals surface area (Å²) in [6.45, 7) is 21.3. The van der Waals surface area contributed by atoms with Gasteiger partial charge < -0.3 is 0 Å². The summed E-state index contributed by atoms with van der Waals surface area (Å²) in [5, 5.41) is 0. The molecule has 9 atom stereocenters. The summed E-state index contributed by atoms with van der Waals surface area (Å²) < 4.78 is 0. The Morgan fingerprint density at radius 1 is 0.633 bits per heavy atom. The molecule has 0 aromatic rings. The van der Waals surface area contributed by atoms with Gasteiger partial charge in [0.2, 0.25) is 0 Å². The number of rotatable bonds is 0. The summed E-state index contributed by atoms with van der Waals surface area (Å²) in [7, 11) is 0. The van der Waals surface area contributed by atoms with Crippen molar-refractivity contribution in [2.75, 3.05) is 0 Å². The van der Waals surface area contributed by atoms with Crippen LogP contribution in [0.4, 0.5) is 0 Å².